The van der Waals surface area contributed by atoms with Gasteiger partial charge in [0.1, 0.15) is 0 Å². The van der Waals surface area contributed by atoms with Gasteiger partial charge in [0.25, 0.3) is 0 Å². The largest absolute Gasteiger partial charge is 0.441 e. The van der Waals surface area contributed by atoms with Crippen LogP contribution >= 0.6 is 23.2 Å². The second-order valence-electron chi connectivity index (χ2n) is 3.19. The van der Waals surface area contributed by atoms with E-state index in [1.165, 1.54) is 0 Å². The van der Waals surface area contributed by atoms with E-state index < -0.39 is 0 Å². The van der Waals surface area contributed by atoms with E-state index in [1.54, 1.807) is 35.0 Å². The smallest absolute Gasteiger partial charge is 0.217 e. The Hall–Kier alpha value is -1.52. The lowest BCUT2D eigenvalue weighted by molar-refractivity contribution is 0.579. The molecule has 0 saturated heterocycles. The van der Waals surface area contributed by atoms with Gasteiger partial charge in [0.2, 0.25) is 5.82 Å². The third-order valence-corrected chi connectivity index (χ3v) is 2.53. The molecule has 0 spiro atoms. The maximum atomic E-state index is 5.85. The van der Waals surface area contributed by atoms with Gasteiger partial charge in [0, 0.05) is 17.3 Å². The molecule has 0 saturated carbocycles. The number of fused-ring (bicyclic) bond motifs is 1. The predicted octanol–water partition coefficient (Wildman–Crippen LogP) is 3.30. The van der Waals surface area contributed by atoms with Crippen molar-refractivity contribution in [3.63, 3.8) is 0 Å². The van der Waals surface area contributed by atoms with Crippen molar-refractivity contribution < 1.29 is 4.42 Å². The molecule has 3 aromatic heterocycles. The number of nitrogens with zero attached hydrogens (tertiary/aromatic N) is 3. The SMILES string of the molecule is Clc1ccn2nc(-c3ccc(Cl)o3)nc2c1. The number of halogens is 2. The average molecular weight is 254 g/mol. The highest BCUT2D eigenvalue weighted by Gasteiger charge is 2.10. The second kappa shape index (κ2) is 3.50. The minimum absolute atomic E-state index is 0.312. The molecule has 4 nitrogen and oxygen atoms in total. The van der Waals surface area contributed by atoms with Crippen molar-refractivity contribution in [1.29, 1.82) is 0 Å². The van der Waals surface area contributed by atoms with Crippen LogP contribution < -0.4 is 0 Å². The summed E-state index contributed by atoms with van der Waals surface area (Å²) >= 11 is 11.5. The van der Waals surface area contributed by atoms with E-state index in [0.29, 0.717) is 27.5 Å². The Bertz CT molecular complexity index is 659. The van der Waals surface area contributed by atoms with Gasteiger partial charge in [-0.15, -0.1) is 5.10 Å². The molecular weight excluding hydrogens is 249 g/mol. The molecule has 0 atom stereocenters. The molecule has 0 bridgehead atoms. The molecule has 0 N–H and O–H groups in total. The van der Waals surface area contributed by atoms with Crippen LogP contribution in [0.15, 0.2) is 34.9 Å². The van der Waals surface area contributed by atoms with Gasteiger partial charge in [-0.3, -0.25) is 0 Å². The number of hydrogen-bond acceptors (Lipinski definition) is 3. The number of aromatic nitrogens is 3. The summed E-state index contributed by atoms with van der Waals surface area (Å²) in [7, 11) is 0. The molecule has 3 aromatic rings. The molecule has 3 heterocycles. The molecular formula is C10H5Cl2N3O. The van der Waals surface area contributed by atoms with Crippen molar-refractivity contribution in [3.8, 4) is 11.6 Å². The molecule has 0 radical (unpaired) electrons. The van der Waals surface area contributed by atoms with Crippen LogP contribution in [0.3, 0.4) is 0 Å². The van der Waals surface area contributed by atoms with E-state index in [1.807, 2.05) is 0 Å². The van der Waals surface area contributed by atoms with Crippen LogP contribution in [0.1, 0.15) is 0 Å². The Balaban J connectivity index is 2.18. The Kier molecular flexibility index (Phi) is 2.12. The highest BCUT2D eigenvalue weighted by molar-refractivity contribution is 6.30. The summed E-state index contributed by atoms with van der Waals surface area (Å²) < 4.78 is 6.85. The van der Waals surface area contributed by atoms with E-state index in [0.717, 1.165) is 0 Å². The third kappa shape index (κ3) is 1.56. The molecule has 80 valence electrons. The fourth-order valence-corrected chi connectivity index (χ4v) is 1.70. The van der Waals surface area contributed by atoms with Crippen molar-refractivity contribution in [2.24, 2.45) is 0 Å². The van der Waals surface area contributed by atoms with Crippen LogP contribution in [0.4, 0.5) is 0 Å². The zero-order chi connectivity index (χ0) is 11.1. The summed E-state index contributed by atoms with van der Waals surface area (Å²) in [4.78, 5) is 4.27. The number of hydrogen-bond donors (Lipinski definition) is 0. The van der Waals surface area contributed by atoms with E-state index >= 15 is 0 Å². The fraction of sp³-hybridized carbons (Fsp3) is 0. The van der Waals surface area contributed by atoms with Crippen molar-refractivity contribution >= 4 is 28.8 Å². The minimum atomic E-state index is 0.312. The van der Waals surface area contributed by atoms with Crippen molar-refractivity contribution in [2.45, 2.75) is 0 Å². The van der Waals surface area contributed by atoms with Crippen LogP contribution in [0.25, 0.3) is 17.2 Å². The lowest BCUT2D eigenvalue weighted by Crippen LogP contribution is -1.84. The molecule has 0 fully saturated rings. The van der Waals surface area contributed by atoms with Crippen LogP contribution in [0, 0.1) is 0 Å². The lowest BCUT2D eigenvalue weighted by Gasteiger charge is -1.89. The zero-order valence-electron chi connectivity index (χ0n) is 7.89. The van der Waals surface area contributed by atoms with Crippen LogP contribution in [0.2, 0.25) is 10.2 Å². The van der Waals surface area contributed by atoms with E-state index in [9.17, 15) is 0 Å². The Labute approximate surface area is 100 Å². The highest BCUT2D eigenvalue weighted by atomic mass is 35.5. The van der Waals surface area contributed by atoms with Gasteiger partial charge in [-0.2, -0.15) is 0 Å². The molecule has 0 aromatic carbocycles. The molecule has 0 amide bonds. The van der Waals surface area contributed by atoms with Gasteiger partial charge < -0.3 is 4.42 Å². The Morgan fingerprint density at radius 2 is 2.06 bits per heavy atom. The first kappa shape index (κ1) is 9.69. The number of rotatable bonds is 1. The molecule has 0 aliphatic heterocycles. The Morgan fingerprint density at radius 3 is 2.81 bits per heavy atom. The van der Waals surface area contributed by atoms with Gasteiger partial charge in [-0.25, -0.2) is 9.50 Å². The van der Waals surface area contributed by atoms with Crippen LogP contribution in [-0.2, 0) is 0 Å². The van der Waals surface area contributed by atoms with Gasteiger partial charge >= 0.3 is 0 Å². The standard InChI is InChI=1S/C10H5Cl2N3O/c11-6-3-4-15-9(5-6)13-10(14-15)7-1-2-8(12)16-7/h1-5H. The summed E-state index contributed by atoms with van der Waals surface area (Å²) in [5, 5.41) is 5.16. The highest BCUT2D eigenvalue weighted by Crippen LogP contribution is 2.22. The van der Waals surface area contributed by atoms with Gasteiger partial charge in [-0.05, 0) is 29.8 Å². The quantitative estimate of drug-likeness (QED) is 0.669. The number of pyridine rings is 1. The average Bonchev–Trinajstić information content (AvgIpc) is 2.83. The van der Waals surface area contributed by atoms with E-state index in [4.69, 9.17) is 27.6 Å². The predicted molar refractivity (Wildman–Crippen MR) is 60.7 cm³/mol. The maximum Gasteiger partial charge on any atom is 0.217 e. The first-order valence-corrected chi connectivity index (χ1v) is 5.25. The zero-order valence-corrected chi connectivity index (χ0v) is 9.40. The molecule has 3 rings (SSSR count). The molecule has 0 aliphatic carbocycles. The first-order chi connectivity index (χ1) is 7.72. The third-order valence-electron chi connectivity index (χ3n) is 2.09. The van der Waals surface area contributed by atoms with E-state index in [-0.39, 0.29) is 0 Å². The van der Waals surface area contributed by atoms with Crippen LogP contribution in [-0.4, -0.2) is 14.6 Å². The molecule has 16 heavy (non-hydrogen) atoms. The van der Waals surface area contributed by atoms with Gasteiger partial charge in [-0.1, -0.05) is 11.6 Å². The molecule has 6 heteroatoms. The summed E-state index contributed by atoms with van der Waals surface area (Å²) in [6.45, 7) is 0. The Morgan fingerprint density at radius 1 is 1.19 bits per heavy atom. The van der Waals surface area contributed by atoms with Crippen molar-refractivity contribution in [1.82, 2.24) is 14.6 Å². The normalized spacial score (nSPS) is 11.1. The summed E-state index contributed by atoms with van der Waals surface area (Å²) in [5.74, 6) is 1.01. The first-order valence-electron chi connectivity index (χ1n) is 4.50. The topological polar surface area (TPSA) is 43.3 Å². The fourth-order valence-electron chi connectivity index (χ4n) is 1.40. The lowest BCUT2D eigenvalue weighted by atomic mass is 10.4. The van der Waals surface area contributed by atoms with Crippen LogP contribution in [0.5, 0.6) is 0 Å². The van der Waals surface area contributed by atoms with Crippen molar-refractivity contribution in [2.75, 3.05) is 0 Å². The summed E-state index contributed by atoms with van der Waals surface area (Å²) in [6, 6.07) is 6.83. The molecule has 0 unspecified atom stereocenters. The monoisotopic (exact) mass is 253 g/mol. The van der Waals surface area contributed by atoms with Crippen molar-refractivity contribution in [3.05, 3.63) is 40.7 Å². The van der Waals surface area contributed by atoms with Gasteiger partial charge in [0.15, 0.2) is 16.6 Å². The van der Waals surface area contributed by atoms with Gasteiger partial charge in [0.05, 0.1) is 0 Å². The summed E-state index contributed by atoms with van der Waals surface area (Å²) in [5.41, 5.74) is 0.662. The number of furan rings is 1. The minimum Gasteiger partial charge on any atom is -0.441 e. The summed E-state index contributed by atoms with van der Waals surface area (Å²) in [6.07, 6.45) is 1.73. The second-order valence-corrected chi connectivity index (χ2v) is 4.00. The maximum absolute atomic E-state index is 5.85. The molecule has 0 aliphatic rings. The van der Waals surface area contributed by atoms with E-state index in [2.05, 4.69) is 10.1 Å².